The van der Waals surface area contributed by atoms with Gasteiger partial charge in [0.25, 0.3) is 0 Å². The molecule has 134 valence electrons. The van der Waals surface area contributed by atoms with Gasteiger partial charge >= 0.3 is 0 Å². The summed E-state index contributed by atoms with van der Waals surface area (Å²) in [6.45, 7) is 2.81. The molecule has 4 nitrogen and oxygen atoms in total. The number of nitrogens with one attached hydrogen (secondary N) is 2. The van der Waals surface area contributed by atoms with E-state index in [4.69, 9.17) is 11.6 Å². The molecule has 1 spiro atoms. The van der Waals surface area contributed by atoms with Crippen LogP contribution in [0.3, 0.4) is 0 Å². The van der Waals surface area contributed by atoms with Crippen LogP contribution in [0, 0.1) is 0 Å². The second kappa shape index (κ2) is 8.02. The number of hydrogen-bond acceptors (Lipinski definition) is 4. The second-order valence-corrected chi connectivity index (χ2v) is 7.85. The molecule has 2 N–H and O–H groups in total. The molecule has 2 saturated heterocycles. The van der Waals surface area contributed by atoms with E-state index >= 15 is 0 Å². The van der Waals surface area contributed by atoms with E-state index in [-0.39, 0.29) is 42.2 Å². The fourth-order valence-electron chi connectivity index (χ4n) is 3.91. The van der Waals surface area contributed by atoms with Crippen LogP contribution in [-0.4, -0.2) is 43.2 Å². The van der Waals surface area contributed by atoms with Crippen LogP contribution in [0.1, 0.15) is 18.4 Å². The molecule has 8 heteroatoms. The molecule has 0 bridgehead atoms. The van der Waals surface area contributed by atoms with Gasteiger partial charge < -0.3 is 10.2 Å². The summed E-state index contributed by atoms with van der Waals surface area (Å²) in [7, 11) is 0. The number of thioether (sulfide) groups is 1. The van der Waals surface area contributed by atoms with Gasteiger partial charge in [-0.25, -0.2) is 0 Å². The number of carbonyl (C=O) groups is 1. The van der Waals surface area contributed by atoms with Gasteiger partial charge in [-0.1, -0.05) is 11.6 Å². The topological polar surface area (TPSA) is 44.4 Å². The zero-order chi connectivity index (χ0) is 15.2. The number of carbonyl (C=O) groups excluding carboxylic acids is 1. The van der Waals surface area contributed by atoms with Crippen molar-refractivity contribution in [1.29, 1.82) is 0 Å². The fraction of sp³-hybridized carbons (Fsp3) is 0.562. The third-order valence-corrected chi connectivity index (χ3v) is 6.30. The summed E-state index contributed by atoms with van der Waals surface area (Å²) in [4.78, 5) is 14.9. The summed E-state index contributed by atoms with van der Waals surface area (Å²) in [6.07, 6.45) is 2.13. The molecule has 3 aliphatic heterocycles. The average molecular weight is 411 g/mol. The minimum atomic E-state index is -0.0506. The first-order valence-corrected chi connectivity index (χ1v) is 9.36. The van der Waals surface area contributed by atoms with Crippen LogP contribution >= 0.6 is 48.2 Å². The predicted octanol–water partition coefficient (Wildman–Crippen LogP) is 2.81. The smallest absolute Gasteiger partial charge is 0.245 e. The van der Waals surface area contributed by atoms with E-state index in [1.165, 1.54) is 5.56 Å². The van der Waals surface area contributed by atoms with Crippen molar-refractivity contribution in [2.24, 2.45) is 0 Å². The molecule has 3 aliphatic rings. The van der Waals surface area contributed by atoms with Gasteiger partial charge in [-0.3, -0.25) is 10.1 Å². The Morgan fingerprint density at radius 3 is 2.71 bits per heavy atom. The van der Waals surface area contributed by atoms with Crippen LogP contribution in [0.4, 0.5) is 5.69 Å². The van der Waals surface area contributed by atoms with Crippen LogP contribution < -0.4 is 15.5 Å². The number of fused-ring (bicyclic) bond motifs is 2. The van der Waals surface area contributed by atoms with E-state index in [1.54, 1.807) is 11.8 Å². The van der Waals surface area contributed by atoms with Crippen LogP contribution in [0.5, 0.6) is 0 Å². The van der Waals surface area contributed by atoms with Gasteiger partial charge in [-0.2, -0.15) is 0 Å². The number of rotatable bonds is 1. The van der Waals surface area contributed by atoms with Crippen molar-refractivity contribution in [3.05, 3.63) is 28.8 Å². The molecule has 1 atom stereocenters. The van der Waals surface area contributed by atoms with Gasteiger partial charge in [-0.15, -0.1) is 36.6 Å². The van der Waals surface area contributed by atoms with Crippen LogP contribution in [-0.2, 0) is 10.2 Å². The highest BCUT2D eigenvalue weighted by molar-refractivity contribution is 7.99. The highest BCUT2D eigenvalue weighted by Crippen LogP contribution is 2.47. The van der Waals surface area contributed by atoms with E-state index < -0.39 is 0 Å². The first-order valence-electron chi connectivity index (χ1n) is 7.83. The van der Waals surface area contributed by atoms with E-state index in [9.17, 15) is 4.79 Å². The number of benzene rings is 1. The maximum absolute atomic E-state index is 12.9. The van der Waals surface area contributed by atoms with Crippen LogP contribution in [0.15, 0.2) is 18.2 Å². The third-order valence-electron chi connectivity index (χ3n) is 5.12. The van der Waals surface area contributed by atoms with Gasteiger partial charge in [0.2, 0.25) is 5.91 Å². The second-order valence-electron chi connectivity index (χ2n) is 6.39. The summed E-state index contributed by atoms with van der Waals surface area (Å²) in [5.74, 6) is 1.95. The Morgan fingerprint density at radius 2 is 2.04 bits per heavy atom. The molecule has 0 saturated carbocycles. The van der Waals surface area contributed by atoms with Crippen molar-refractivity contribution >= 4 is 59.8 Å². The molecule has 4 rings (SSSR count). The van der Waals surface area contributed by atoms with Gasteiger partial charge in [0, 0.05) is 34.3 Å². The molecule has 1 aromatic carbocycles. The maximum Gasteiger partial charge on any atom is 0.245 e. The first-order chi connectivity index (χ1) is 10.7. The molecule has 1 aromatic rings. The molecule has 24 heavy (non-hydrogen) atoms. The van der Waals surface area contributed by atoms with Crippen molar-refractivity contribution in [2.45, 2.75) is 24.3 Å². The quantitative estimate of drug-likeness (QED) is 0.747. The molecule has 0 unspecified atom stereocenters. The summed E-state index contributed by atoms with van der Waals surface area (Å²) in [6, 6.07) is 5.95. The van der Waals surface area contributed by atoms with Gasteiger partial charge in [0.05, 0.1) is 6.04 Å². The standard InChI is InChI=1S/C16H20ClN3OS.2ClH/c17-11-1-2-14-12(7-11)16(3-5-18-6-4-16)9-20(14)15(21)13-8-22-10-19-13;;/h1-2,7,13,18-19H,3-6,8-10H2;2*1H/t13-;;/m0../s1. The molecule has 0 radical (unpaired) electrons. The van der Waals surface area contributed by atoms with E-state index in [0.717, 1.165) is 54.8 Å². The molecular weight excluding hydrogens is 389 g/mol. The van der Waals surface area contributed by atoms with Crippen molar-refractivity contribution in [2.75, 3.05) is 36.2 Å². The van der Waals surface area contributed by atoms with E-state index in [2.05, 4.69) is 16.7 Å². The lowest BCUT2D eigenvalue weighted by atomic mass is 9.75. The van der Waals surface area contributed by atoms with Gasteiger partial charge in [-0.05, 0) is 49.7 Å². The molecular formula is C16H22Cl3N3OS. The van der Waals surface area contributed by atoms with Gasteiger partial charge in [0.1, 0.15) is 0 Å². The first kappa shape index (κ1) is 20.1. The average Bonchev–Trinajstić information content (AvgIpc) is 3.16. The number of halogens is 3. The Bertz CT molecular complexity index is 604. The highest BCUT2D eigenvalue weighted by Gasteiger charge is 2.46. The van der Waals surface area contributed by atoms with Crippen molar-refractivity contribution < 1.29 is 4.79 Å². The van der Waals surface area contributed by atoms with E-state index in [0.29, 0.717) is 0 Å². The Morgan fingerprint density at radius 1 is 1.29 bits per heavy atom. The summed E-state index contributed by atoms with van der Waals surface area (Å²) < 4.78 is 0. The molecule has 0 aliphatic carbocycles. The lowest BCUT2D eigenvalue weighted by Crippen LogP contribution is -2.48. The largest absolute Gasteiger partial charge is 0.317 e. The minimum Gasteiger partial charge on any atom is -0.317 e. The lowest BCUT2D eigenvalue weighted by Gasteiger charge is -2.35. The van der Waals surface area contributed by atoms with Crippen molar-refractivity contribution in [1.82, 2.24) is 10.6 Å². The Hall–Kier alpha value is -0.170. The summed E-state index contributed by atoms with van der Waals surface area (Å²) >= 11 is 8.04. The fourth-order valence-corrected chi connectivity index (χ4v) is 5.02. The van der Waals surface area contributed by atoms with Crippen LogP contribution in [0.25, 0.3) is 0 Å². The monoisotopic (exact) mass is 409 g/mol. The molecule has 0 aromatic heterocycles. The third kappa shape index (κ3) is 3.39. The Labute approximate surface area is 164 Å². The molecule has 1 amide bonds. The summed E-state index contributed by atoms with van der Waals surface area (Å²) in [5, 5.41) is 7.49. The molecule has 3 heterocycles. The normalized spacial score (nSPS) is 24.2. The SMILES string of the molecule is Cl.Cl.O=C([C@@H]1CSCN1)N1CC2(CCNCC2)c2cc(Cl)ccc21. The predicted molar refractivity (Wildman–Crippen MR) is 106 cm³/mol. The van der Waals surface area contributed by atoms with Crippen molar-refractivity contribution in [3.63, 3.8) is 0 Å². The van der Waals surface area contributed by atoms with Gasteiger partial charge in [0.15, 0.2) is 0 Å². The van der Waals surface area contributed by atoms with E-state index in [1.807, 2.05) is 17.0 Å². The number of amides is 1. The lowest BCUT2D eigenvalue weighted by molar-refractivity contribution is -0.120. The Balaban J connectivity index is 0.00000104. The minimum absolute atomic E-state index is 0. The zero-order valence-electron chi connectivity index (χ0n) is 13.2. The summed E-state index contributed by atoms with van der Waals surface area (Å²) in [5.41, 5.74) is 2.41. The number of piperidine rings is 1. The highest BCUT2D eigenvalue weighted by atomic mass is 35.5. The number of nitrogens with zero attached hydrogens (tertiary/aromatic N) is 1. The Kier molecular flexibility index (Phi) is 6.73. The maximum atomic E-state index is 12.9. The number of hydrogen-bond donors (Lipinski definition) is 2. The number of anilines is 1. The molecule has 2 fully saturated rings. The van der Waals surface area contributed by atoms with Crippen LogP contribution in [0.2, 0.25) is 5.02 Å². The van der Waals surface area contributed by atoms with Crippen molar-refractivity contribution in [3.8, 4) is 0 Å². The zero-order valence-corrected chi connectivity index (χ0v) is 16.4.